The first-order valence-corrected chi connectivity index (χ1v) is 12.0. The van der Waals surface area contributed by atoms with Crippen LogP contribution in [0.3, 0.4) is 0 Å². The molecule has 0 unspecified atom stereocenters. The van der Waals surface area contributed by atoms with E-state index in [2.05, 4.69) is 45.6 Å². The van der Waals surface area contributed by atoms with Crippen LogP contribution in [-0.2, 0) is 4.74 Å². The molecular formula is C28H42O4. The zero-order chi connectivity index (χ0) is 23.7. The van der Waals surface area contributed by atoms with Gasteiger partial charge in [-0.2, -0.15) is 0 Å². The van der Waals surface area contributed by atoms with Crippen molar-refractivity contribution in [2.75, 3.05) is 6.61 Å². The lowest BCUT2D eigenvalue weighted by atomic mass is 9.62. The Hall–Kier alpha value is -1.46. The fourth-order valence-corrected chi connectivity index (χ4v) is 5.89. The van der Waals surface area contributed by atoms with E-state index in [1.54, 1.807) is 19.9 Å². The molecule has 0 aromatic rings. The van der Waals surface area contributed by atoms with Crippen molar-refractivity contribution >= 4 is 0 Å². The number of rotatable bonds is 6. The van der Waals surface area contributed by atoms with Gasteiger partial charge in [0, 0.05) is 6.42 Å². The molecule has 2 saturated carbocycles. The molecule has 0 radical (unpaired) electrons. The second kappa shape index (κ2) is 9.42. The van der Waals surface area contributed by atoms with E-state index in [1.807, 2.05) is 6.08 Å². The van der Waals surface area contributed by atoms with Crippen molar-refractivity contribution in [2.45, 2.75) is 96.6 Å². The number of aliphatic hydroxyl groups excluding tert-OH is 2. The third-order valence-electron chi connectivity index (χ3n) is 7.53. The molecule has 4 heteroatoms. The van der Waals surface area contributed by atoms with Gasteiger partial charge in [0.2, 0.25) is 0 Å². The van der Waals surface area contributed by atoms with Gasteiger partial charge in [0.15, 0.2) is 0 Å². The van der Waals surface area contributed by atoms with Crippen LogP contribution in [0.5, 0.6) is 0 Å². The minimum Gasteiger partial charge on any atom is -0.393 e. The summed E-state index contributed by atoms with van der Waals surface area (Å²) in [6.07, 6.45) is 14.5. The van der Waals surface area contributed by atoms with Crippen LogP contribution in [0.1, 0.15) is 73.1 Å². The highest BCUT2D eigenvalue weighted by Crippen LogP contribution is 2.57. The summed E-state index contributed by atoms with van der Waals surface area (Å²) in [5, 5.41) is 30.1. The van der Waals surface area contributed by atoms with Crippen LogP contribution >= 0.6 is 0 Å². The van der Waals surface area contributed by atoms with Crippen LogP contribution in [0.15, 0.2) is 59.3 Å². The second-order valence-electron chi connectivity index (χ2n) is 11.1. The Balaban J connectivity index is 1.75. The molecule has 178 valence electrons. The van der Waals surface area contributed by atoms with Crippen LogP contribution in [-0.4, -0.2) is 45.3 Å². The van der Waals surface area contributed by atoms with Crippen LogP contribution < -0.4 is 0 Å². The van der Waals surface area contributed by atoms with Gasteiger partial charge in [0.05, 0.1) is 30.0 Å². The predicted molar refractivity (Wildman–Crippen MR) is 130 cm³/mol. The van der Waals surface area contributed by atoms with Gasteiger partial charge in [-0.1, -0.05) is 49.5 Å². The molecular weight excluding hydrogens is 400 g/mol. The fraction of sp³-hybridized carbons (Fsp3) is 0.643. The molecule has 2 fully saturated rings. The summed E-state index contributed by atoms with van der Waals surface area (Å²) < 4.78 is 6.29. The van der Waals surface area contributed by atoms with E-state index in [0.29, 0.717) is 25.4 Å². The van der Waals surface area contributed by atoms with E-state index in [4.69, 9.17) is 4.74 Å². The summed E-state index contributed by atoms with van der Waals surface area (Å²) in [5.74, 6) is 0.449. The quantitative estimate of drug-likeness (QED) is 0.496. The molecule has 0 aromatic carbocycles. The first-order valence-electron chi connectivity index (χ1n) is 12.0. The molecule has 4 atom stereocenters. The van der Waals surface area contributed by atoms with Crippen molar-refractivity contribution in [3.05, 3.63) is 59.3 Å². The smallest absolute Gasteiger partial charge is 0.0845 e. The van der Waals surface area contributed by atoms with E-state index in [1.165, 1.54) is 11.1 Å². The monoisotopic (exact) mass is 442 g/mol. The molecule has 3 N–H and O–H groups in total. The summed E-state index contributed by atoms with van der Waals surface area (Å²) >= 11 is 0. The molecule has 0 aromatic heterocycles. The number of allylic oxidation sites excluding steroid dienone is 4. The Bertz CT molecular complexity index is 836. The van der Waals surface area contributed by atoms with Gasteiger partial charge < -0.3 is 20.1 Å². The minimum absolute atomic E-state index is 0.0641. The average Bonchev–Trinajstić information content (AvgIpc) is 3.04. The number of ether oxygens (including phenoxy) is 1. The fourth-order valence-electron chi connectivity index (χ4n) is 5.89. The van der Waals surface area contributed by atoms with Crippen LogP contribution in [0.2, 0.25) is 0 Å². The Kier molecular flexibility index (Phi) is 7.41. The van der Waals surface area contributed by atoms with Gasteiger partial charge in [-0.25, -0.2) is 0 Å². The average molecular weight is 443 g/mol. The molecule has 3 aliphatic rings. The van der Waals surface area contributed by atoms with E-state index >= 15 is 0 Å². The summed E-state index contributed by atoms with van der Waals surface area (Å²) in [7, 11) is 0. The van der Waals surface area contributed by atoms with Gasteiger partial charge in [-0.15, -0.1) is 0 Å². The highest BCUT2D eigenvalue weighted by Gasteiger charge is 2.49. The van der Waals surface area contributed by atoms with Gasteiger partial charge in [-0.3, -0.25) is 0 Å². The van der Waals surface area contributed by atoms with Gasteiger partial charge >= 0.3 is 0 Å². The molecule has 0 aliphatic heterocycles. The number of aliphatic hydroxyl groups is 3. The maximum atomic E-state index is 10.1. The predicted octanol–water partition coefficient (Wildman–Crippen LogP) is 5.17. The third-order valence-corrected chi connectivity index (χ3v) is 7.53. The number of fused-ring (bicyclic) bond motifs is 1. The molecule has 32 heavy (non-hydrogen) atoms. The maximum absolute atomic E-state index is 10.1. The molecule has 3 rings (SSSR count). The molecule has 0 bridgehead atoms. The molecule has 3 aliphatic carbocycles. The van der Waals surface area contributed by atoms with Crippen LogP contribution in [0.4, 0.5) is 0 Å². The van der Waals surface area contributed by atoms with E-state index in [0.717, 1.165) is 36.8 Å². The SMILES string of the molecule is C=C1C(=CC=C2CCC[C@]3(C)C(C(C)(C)OC/C=C\C(C)(C)O)=CC[C@@H]23)C[C@@H](O)C[C@@H]1O. The molecule has 4 nitrogen and oxygen atoms in total. The Morgan fingerprint density at radius 2 is 1.94 bits per heavy atom. The largest absolute Gasteiger partial charge is 0.393 e. The molecule has 0 heterocycles. The van der Waals surface area contributed by atoms with Crippen molar-refractivity contribution in [1.82, 2.24) is 0 Å². The van der Waals surface area contributed by atoms with Crippen molar-refractivity contribution in [3.8, 4) is 0 Å². The summed E-state index contributed by atoms with van der Waals surface area (Å²) in [5.41, 5.74) is 3.38. The van der Waals surface area contributed by atoms with Gasteiger partial charge in [-0.05, 0) is 87.9 Å². The normalized spacial score (nSPS) is 34.4. The second-order valence-corrected chi connectivity index (χ2v) is 11.1. The first-order chi connectivity index (χ1) is 14.8. The maximum Gasteiger partial charge on any atom is 0.0845 e. The summed E-state index contributed by atoms with van der Waals surface area (Å²) in [4.78, 5) is 0. The van der Waals surface area contributed by atoms with Crippen molar-refractivity contribution in [2.24, 2.45) is 11.3 Å². The van der Waals surface area contributed by atoms with Crippen LogP contribution in [0.25, 0.3) is 0 Å². The lowest BCUT2D eigenvalue weighted by Gasteiger charge is -2.45. The molecule has 0 saturated heterocycles. The highest BCUT2D eigenvalue weighted by molar-refractivity contribution is 5.41. The van der Waals surface area contributed by atoms with E-state index < -0.39 is 17.8 Å². The number of hydrogen-bond acceptors (Lipinski definition) is 4. The molecule has 0 spiro atoms. The van der Waals surface area contributed by atoms with Gasteiger partial charge in [0.25, 0.3) is 0 Å². The zero-order valence-corrected chi connectivity index (χ0v) is 20.5. The van der Waals surface area contributed by atoms with E-state index in [9.17, 15) is 15.3 Å². The van der Waals surface area contributed by atoms with Gasteiger partial charge in [0.1, 0.15) is 0 Å². The molecule has 0 amide bonds. The summed E-state index contributed by atoms with van der Waals surface area (Å²) in [6, 6.07) is 0. The highest BCUT2D eigenvalue weighted by atomic mass is 16.5. The lowest BCUT2D eigenvalue weighted by Crippen LogP contribution is -2.40. The van der Waals surface area contributed by atoms with Crippen LogP contribution in [0, 0.1) is 11.3 Å². The number of hydrogen-bond donors (Lipinski definition) is 3. The van der Waals surface area contributed by atoms with Crippen molar-refractivity contribution in [3.63, 3.8) is 0 Å². The first kappa shape index (κ1) is 25.2. The topological polar surface area (TPSA) is 69.9 Å². The third kappa shape index (κ3) is 5.53. The van der Waals surface area contributed by atoms with E-state index in [-0.39, 0.29) is 11.0 Å². The van der Waals surface area contributed by atoms with Crippen molar-refractivity contribution < 1.29 is 20.1 Å². The Morgan fingerprint density at radius 3 is 2.62 bits per heavy atom. The zero-order valence-electron chi connectivity index (χ0n) is 20.5. The minimum atomic E-state index is -0.829. The Labute approximate surface area is 194 Å². The standard InChI is InChI=1S/C28H42O4/c1-19-21(17-22(29)18-24(19)30)11-10-20-9-7-15-28(6)23(20)12-13-25(28)27(4,5)32-16-8-14-26(2,3)31/h8,10-11,13-14,22-24,29-31H,1,7,9,12,15-18H2,2-6H3/b14-8-,20-10?,21-11?/t22-,23+,24+,28+/m1/s1. The summed E-state index contributed by atoms with van der Waals surface area (Å²) in [6.45, 7) is 14.7. The van der Waals surface area contributed by atoms with Crippen molar-refractivity contribution in [1.29, 1.82) is 0 Å². The Morgan fingerprint density at radius 1 is 1.22 bits per heavy atom. The lowest BCUT2D eigenvalue weighted by molar-refractivity contribution is 0.00706.